The molecule has 0 amide bonds. The van der Waals surface area contributed by atoms with Gasteiger partial charge in [0.25, 0.3) is 0 Å². The summed E-state index contributed by atoms with van der Waals surface area (Å²) in [5.74, 6) is 1.36. The van der Waals surface area contributed by atoms with Crippen molar-refractivity contribution in [3.05, 3.63) is 35.4 Å². The Morgan fingerprint density at radius 1 is 1.22 bits per heavy atom. The average molecular weight is 247 g/mol. The number of aryl methyl sites for hydroxylation is 1. The van der Waals surface area contributed by atoms with Crippen LogP contribution in [-0.2, 0) is 0 Å². The van der Waals surface area contributed by atoms with Crippen molar-refractivity contribution < 1.29 is 0 Å². The molecule has 18 heavy (non-hydrogen) atoms. The summed E-state index contributed by atoms with van der Waals surface area (Å²) in [7, 11) is 1.81. The maximum Gasteiger partial charge on any atom is 0.190 e. The molecule has 0 fully saturated rings. The van der Waals surface area contributed by atoms with Gasteiger partial charge in [-0.1, -0.05) is 43.7 Å². The van der Waals surface area contributed by atoms with Crippen LogP contribution in [0.4, 0.5) is 0 Å². The fraction of sp³-hybridized carbons (Fsp3) is 0.533. The zero-order valence-corrected chi connectivity index (χ0v) is 12.0. The van der Waals surface area contributed by atoms with Crippen LogP contribution in [-0.4, -0.2) is 26.1 Å². The monoisotopic (exact) mass is 247 g/mol. The molecule has 0 aliphatic rings. The molecule has 0 heterocycles. The normalized spacial score (nSPS) is 13.2. The summed E-state index contributed by atoms with van der Waals surface area (Å²) in [6.45, 7) is 8.34. The smallest absolute Gasteiger partial charge is 0.190 e. The Labute approximate surface area is 111 Å². The third-order valence-electron chi connectivity index (χ3n) is 2.99. The number of rotatable bonds is 5. The second-order valence-electron chi connectivity index (χ2n) is 4.69. The summed E-state index contributed by atoms with van der Waals surface area (Å²) in [6, 6.07) is 8.72. The van der Waals surface area contributed by atoms with Crippen molar-refractivity contribution in [2.75, 3.05) is 20.1 Å². The van der Waals surface area contributed by atoms with Gasteiger partial charge in [0.15, 0.2) is 5.96 Å². The van der Waals surface area contributed by atoms with E-state index in [0.717, 1.165) is 25.5 Å². The Morgan fingerprint density at radius 2 is 1.89 bits per heavy atom. The van der Waals surface area contributed by atoms with Crippen LogP contribution in [0.3, 0.4) is 0 Å². The number of hydrogen-bond acceptors (Lipinski definition) is 1. The first-order valence-electron chi connectivity index (χ1n) is 6.68. The molecule has 0 aliphatic carbocycles. The summed E-state index contributed by atoms with van der Waals surface area (Å²) in [4.78, 5) is 4.20. The van der Waals surface area contributed by atoms with Gasteiger partial charge >= 0.3 is 0 Å². The van der Waals surface area contributed by atoms with Crippen LogP contribution in [0.25, 0.3) is 0 Å². The van der Waals surface area contributed by atoms with E-state index in [1.807, 2.05) is 7.05 Å². The zero-order valence-electron chi connectivity index (χ0n) is 12.0. The summed E-state index contributed by atoms with van der Waals surface area (Å²) in [5, 5.41) is 6.63. The standard InChI is InChI=1S/C15H25N3/c1-5-10-17-15(16-4)18-11-13(3)14-8-6-12(2)7-9-14/h6-9,13H,5,10-11H2,1-4H3,(H2,16,17,18). The van der Waals surface area contributed by atoms with E-state index in [9.17, 15) is 0 Å². The molecule has 1 aromatic rings. The van der Waals surface area contributed by atoms with Gasteiger partial charge in [0.2, 0.25) is 0 Å². The number of hydrogen-bond donors (Lipinski definition) is 2. The number of guanidine groups is 1. The third kappa shape index (κ3) is 4.78. The molecule has 3 nitrogen and oxygen atoms in total. The van der Waals surface area contributed by atoms with Crippen LogP contribution in [0.1, 0.15) is 37.3 Å². The first-order chi connectivity index (χ1) is 8.67. The molecule has 0 aromatic heterocycles. The van der Waals surface area contributed by atoms with E-state index >= 15 is 0 Å². The van der Waals surface area contributed by atoms with E-state index in [-0.39, 0.29) is 0 Å². The minimum absolute atomic E-state index is 0.478. The maximum absolute atomic E-state index is 4.20. The van der Waals surface area contributed by atoms with Gasteiger partial charge in [-0.05, 0) is 24.8 Å². The largest absolute Gasteiger partial charge is 0.356 e. The minimum atomic E-state index is 0.478. The number of benzene rings is 1. The van der Waals surface area contributed by atoms with E-state index in [0.29, 0.717) is 5.92 Å². The number of aliphatic imine (C=N–C) groups is 1. The highest BCUT2D eigenvalue weighted by molar-refractivity contribution is 5.79. The van der Waals surface area contributed by atoms with Crippen LogP contribution in [0.15, 0.2) is 29.3 Å². The Bertz CT molecular complexity index is 368. The first-order valence-corrected chi connectivity index (χ1v) is 6.68. The molecule has 3 heteroatoms. The molecule has 0 saturated carbocycles. The predicted octanol–water partition coefficient (Wildman–Crippen LogP) is 2.67. The van der Waals surface area contributed by atoms with E-state index in [2.05, 4.69) is 60.7 Å². The molecule has 0 saturated heterocycles. The van der Waals surface area contributed by atoms with E-state index in [1.54, 1.807) is 0 Å². The lowest BCUT2D eigenvalue weighted by atomic mass is 10.0. The Hall–Kier alpha value is -1.51. The second kappa shape index (κ2) is 7.75. The quantitative estimate of drug-likeness (QED) is 0.620. The van der Waals surface area contributed by atoms with Gasteiger partial charge in [-0.3, -0.25) is 4.99 Å². The van der Waals surface area contributed by atoms with Gasteiger partial charge < -0.3 is 10.6 Å². The van der Waals surface area contributed by atoms with Crippen molar-refractivity contribution in [1.29, 1.82) is 0 Å². The molecule has 0 aliphatic heterocycles. The fourth-order valence-corrected chi connectivity index (χ4v) is 1.73. The van der Waals surface area contributed by atoms with Crippen molar-refractivity contribution in [2.24, 2.45) is 4.99 Å². The lowest BCUT2D eigenvalue weighted by Crippen LogP contribution is -2.39. The molecule has 2 N–H and O–H groups in total. The van der Waals surface area contributed by atoms with E-state index in [4.69, 9.17) is 0 Å². The lowest BCUT2D eigenvalue weighted by molar-refractivity contribution is 0.695. The van der Waals surface area contributed by atoms with Gasteiger partial charge in [-0.25, -0.2) is 0 Å². The molecule has 1 aromatic carbocycles. The van der Waals surface area contributed by atoms with Crippen molar-refractivity contribution in [3.63, 3.8) is 0 Å². The Kier molecular flexibility index (Phi) is 6.26. The molecule has 0 radical (unpaired) electrons. The topological polar surface area (TPSA) is 36.4 Å². The molecular weight excluding hydrogens is 222 g/mol. The highest BCUT2D eigenvalue weighted by atomic mass is 15.2. The van der Waals surface area contributed by atoms with Crippen LogP contribution < -0.4 is 10.6 Å². The molecule has 0 spiro atoms. The molecule has 1 rings (SSSR count). The van der Waals surface area contributed by atoms with Crippen molar-refractivity contribution in [2.45, 2.75) is 33.1 Å². The van der Waals surface area contributed by atoms with Gasteiger partial charge in [0.05, 0.1) is 0 Å². The predicted molar refractivity (Wildman–Crippen MR) is 79.2 cm³/mol. The van der Waals surface area contributed by atoms with Gasteiger partial charge in [0, 0.05) is 20.1 Å². The third-order valence-corrected chi connectivity index (χ3v) is 2.99. The van der Waals surface area contributed by atoms with Gasteiger partial charge in [-0.2, -0.15) is 0 Å². The van der Waals surface area contributed by atoms with E-state index in [1.165, 1.54) is 11.1 Å². The van der Waals surface area contributed by atoms with Crippen molar-refractivity contribution in [3.8, 4) is 0 Å². The second-order valence-corrected chi connectivity index (χ2v) is 4.69. The highest BCUT2D eigenvalue weighted by Gasteiger charge is 2.05. The van der Waals surface area contributed by atoms with Gasteiger partial charge in [0.1, 0.15) is 0 Å². The summed E-state index contributed by atoms with van der Waals surface area (Å²) < 4.78 is 0. The van der Waals surface area contributed by atoms with Crippen LogP contribution in [0.5, 0.6) is 0 Å². The van der Waals surface area contributed by atoms with Crippen LogP contribution in [0, 0.1) is 6.92 Å². The molecule has 1 atom stereocenters. The minimum Gasteiger partial charge on any atom is -0.356 e. The molecular formula is C15H25N3. The summed E-state index contributed by atoms with van der Waals surface area (Å²) >= 11 is 0. The van der Waals surface area contributed by atoms with Gasteiger partial charge in [-0.15, -0.1) is 0 Å². The number of nitrogens with one attached hydrogen (secondary N) is 2. The van der Waals surface area contributed by atoms with Crippen LogP contribution >= 0.6 is 0 Å². The summed E-state index contributed by atoms with van der Waals surface area (Å²) in [6.07, 6.45) is 1.11. The summed E-state index contributed by atoms with van der Waals surface area (Å²) in [5.41, 5.74) is 2.67. The maximum atomic E-state index is 4.20. The molecule has 1 unspecified atom stereocenters. The molecule has 100 valence electrons. The zero-order chi connectivity index (χ0) is 13.4. The van der Waals surface area contributed by atoms with Crippen molar-refractivity contribution in [1.82, 2.24) is 10.6 Å². The lowest BCUT2D eigenvalue weighted by Gasteiger charge is -2.16. The fourth-order valence-electron chi connectivity index (χ4n) is 1.73. The SMILES string of the molecule is CCCNC(=NC)NCC(C)c1ccc(C)cc1. The Morgan fingerprint density at radius 3 is 2.44 bits per heavy atom. The highest BCUT2D eigenvalue weighted by Crippen LogP contribution is 2.14. The van der Waals surface area contributed by atoms with Crippen LogP contribution in [0.2, 0.25) is 0 Å². The number of nitrogens with zero attached hydrogens (tertiary/aromatic N) is 1. The first kappa shape index (κ1) is 14.6. The Balaban J connectivity index is 2.44. The average Bonchev–Trinajstić information content (AvgIpc) is 2.39. The van der Waals surface area contributed by atoms with E-state index < -0.39 is 0 Å². The molecule has 0 bridgehead atoms. The van der Waals surface area contributed by atoms with Crippen molar-refractivity contribution >= 4 is 5.96 Å².